The Kier molecular flexibility index (Phi) is 3.60. The molecular formula is C15H15F2OS+. The van der Waals surface area contributed by atoms with Gasteiger partial charge in [-0.1, -0.05) is 18.2 Å². The summed E-state index contributed by atoms with van der Waals surface area (Å²) in [5, 5.41) is 2.16. The van der Waals surface area contributed by atoms with Gasteiger partial charge in [-0.3, -0.25) is 0 Å². The molecule has 0 bridgehead atoms. The second-order valence-corrected chi connectivity index (χ2v) is 6.87. The molecule has 0 N–H and O–H groups in total. The van der Waals surface area contributed by atoms with Gasteiger partial charge in [0.25, 0.3) is 0 Å². The van der Waals surface area contributed by atoms with Gasteiger partial charge in [-0.25, -0.2) is 0 Å². The largest absolute Gasteiger partial charge is 0.435 e. The molecule has 0 saturated carbocycles. The number of rotatable bonds is 3. The standard InChI is InChI=1S/C15H15F2OS/c16-15(17)18-12-9-11-5-1-2-6-13(11)14(10-12)19-7-3-4-8-19/h1-2,5-6,9-10,15H,3-4,7-8H2/q+1. The Morgan fingerprint density at radius 1 is 1.05 bits per heavy atom. The van der Waals surface area contributed by atoms with Crippen molar-refractivity contribution in [2.45, 2.75) is 24.3 Å². The fraction of sp³-hybridized carbons (Fsp3) is 0.333. The molecule has 0 amide bonds. The average molecular weight is 281 g/mol. The van der Waals surface area contributed by atoms with Crippen molar-refractivity contribution in [3.05, 3.63) is 36.4 Å². The summed E-state index contributed by atoms with van der Waals surface area (Å²) in [6.45, 7) is -2.76. The van der Waals surface area contributed by atoms with Gasteiger partial charge in [-0.15, -0.1) is 0 Å². The predicted molar refractivity (Wildman–Crippen MR) is 75.2 cm³/mol. The molecule has 0 unspecified atom stereocenters. The van der Waals surface area contributed by atoms with Gasteiger partial charge < -0.3 is 4.74 Å². The lowest BCUT2D eigenvalue weighted by atomic mass is 10.1. The van der Waals surface area contributed by atoms with Crippen LogP contribution >= 0.6 is 0 Å². The Hall–Kier alpha value is -1.29. The van der Waals surface area contributed by atoms with Crippen LogP contribution in [-0.4, -0.2) is 18.1 Å². The van der Waals surface area contributed by atoms with Crippen LogP contribution in [0.2, 0.25) is 0 Å². The molecule has 3 rings (SSSR count). The van der Waals surface area contributed by atoms with E-state index in [1.165, 1.54) is 34.6 Å². The van der Waals surface area contributed by atoms with Crippen LogP contribution in [0.15, 0.2) is 41.3 Å². The van der Waals surface area contributed by atoms with Crippen LogP contribution in [0, 0.1) is 0 Å². The molecule has 1 saturated heterocycles. The maximum atomic E-state index is 12.4. The summed E-state index contributed by atoms with van der Waals surface area (Å²) in [6, 6.07) is 11.5. The van der Waals surface area contributed by atoms with Gasteiger partial charge in [0, 0.05) is 22.3 Å². The molecule has 1 fully saturated rings. The van der Waals surface area contributed by atoms with Crippen LogP contribution in [0.3, 0.4) is 0 Å². The quantitative estimate of drug-likeness (QED) is 0.766. The van der Waals surface area contributed by atoms with Crippen molar-refractivity contribution in [2.75, 3.05) is 11.5 Å². The van der Waals surface area contributed by atoms with Crippen molar-refractivity contribution in [3.8, 4) is 5.75 Å². The van der Waals surface area contributed by atoms with Gasteiger partial charge in [0.05, 0.1) is 0 Å². The van der Waals surface area contributed by atoms with E-state index in [4.69, 9.17) is 0 Å². The minimum absolute atomic E-state index is 0.185. The minimum Gasteiger partial charge on any atom is -0.435 e. The Bertz CT molecular complexity index is 579. The maximum Gasteiger partial charge on any atom is 0.387 e. The van der Waals surface area contributed by atoms with Crippen LogP contribution in [0.25, 0.3) is 10.8 Å². The van der Waals surface area contributed by atoms with Crippen molar-refractivity contribution in [2.24, 2.45) is 0 Å². The third-order valence-corrected chi connectivity index (χ3v) is 5.89. The molecule has 2 aromatic rings. The van der Waals surface area contributed by atoms with Crippen LogP contribution in [0.5, 0.6) is 5.75 Å². The summed E-state index contributed by atoms with van der Waals surface area (Å²) in [5.41, 5.74) is 0. The van der Waals surface area contributed by atoms with Crippen molar-refractivity contribution >= 4 is 21.7 Å². The van der Waals surface area contributed by atoms with E-state index in [0.717, 1.165) is 5.39 Å². The Labute approximate surface area is 113 Å². The summed E-state index contributed by atoms with van der Waals surface area (Å²) in [7, 11) is 0.185. The molecule has 1 aliphatic rings. The van der Waals surface area contributed by atoms with E-state index in [-0.39, 0.29) is 16.6 Å². The summed E-state index contributed by atoms with van der Waals surface area (Å²) >= 11 is 0. The first kappa shape index (κ1) is 12.7. The molecule has 1 heterocycles. The smallest absolute Gasteiger partial charge is 0.387 e. The van der Waals surface area contributed by atoms with Gasteiger partial charge in [0.2, 0.25) is 0 Å². The first-order valence-corrected chi connectivity index (χ1v) is 7.95. The van der Waals surface area contributed by atoms with Gasteiger partial charge in [0.1, 0.15) is 17.3 Å². The highest BCUT2D eigenvalue weighted by Gasteiger charge is 2.29. The third kappa shape index (κ3) is 2.68. The third-order valence-electron chi connectivity index (χ3n) is 3.37. The summed E-state index contributed by atoms with van der Waals surface area (Å²) in [5.74, 6) is 2.62. The molecule has 4 heteroatoms. The van der Waals surface area contributed by atoms with Crippen molar-refractivity contribution in [1.29, 1.82) is 0 Å². The normalized spacial score (nSPS) is 16.4. The molecule has 0 aliphatic carbocycles. The highest BCUT2D eigenvalue weighted by atomic mass is 32.2. The Morgan fingerprint density at radius 2 is 1.79 bits per heavy atom. The highest BCUT2D eigenvalue weighted by Crippen LogP contribution is 2.33. The molecule has 1 aliphatic heterocycles. The first-order chi connectivity index (χ1) is 9.24. The predicted octanol–water partition coefficient (Wildman–Crippen LogP) is 4.21. The molecule has 0 radical (unpaired) electrons. The number of fused-ring (bicyclic) bond motifs is 1. The monoisotopic (exact) mass is 281 g/mol. The van der Waals surface area contributed by atoms with Gasteiger partial charge in [-0.05, 0) is 30.4 Å². The van der Waals surface area contributed by atoms with Gasteiger partial charge in [-0.2, -0.15) is 8.78 Å². The van der Waals surface area contributed by atoms with E-state index in [1.54, 1.807) is 6.07 Å². The van der Waals surface area contributed by atoms with E-state index in [1.807, 2.05) is 24.3 Å². The van der Waals surface area contributed by atoms with E-state index in [0.29, 0.717) is 0 Å². The number of benzene rings is 2. The number of alkyl halides is 2. The fourth-order valence-corrected chi connectivity index (χ4v) is 5.06. The Morgan fingerprint density at radius 3 is 2.53 bits per heavy atom. The zero-order chi connectivity index (χ0) is 13.2. The van der Waals surface area contributed by atoms with Crippen LogP contribution in [0.1, 0.15) is 12.8 Å². The lowest BCUT2D eigenvalue weighted by molar-refractivity contribution is -0.0498. The van der Waals surface area contributed by atoms with Gasteiger partial charge in [0.15, 0.2) is 4.90 Å². The first-order valence-electron chi connectivity index (χ1n) is 6.39. The summed E-state index contributed by atoms with van der Waals surface area (Å²) < 4.78 is 29.4. The number of halogens is 2. The fourth-order valence-electron chi connectivity index (χ4n) is 2.53. The lowest BCUT2D eigenvalue weighted by Crippen LogP contribution is -2.07. The minimum atomic E-state index is -2.76. The zero-order valence-corrected chi connectivity index (χ0v) is 11.3. The van der Waals surface area contributed by atoms with Crippen LogP contribution in [-0.2, 0) is 10.9 Å². The van der Waals surface area contributed by atoms with E-state index < -0.39 is 6.61 Å². The van der Waals surface area contributed by atoms with E-state index >= 15 is 0 Å². The molecule has 2 aromatic carbocycles. The highest BCUT2D eigenvalue weighted by molar-refractivity contribution is 7.97. The Balaban J connectivity index is 2.10. The maximum absolute atomic E-state index is 12.4. The zero-order valence-electron chi connectivity index (χ0n) is 10.4. The molecule has 0 aromatic heterocycles. The number of hydrogen-bond acceptors (Lipinski definition) is 1. The second-order valence-electron chi connectivity index (χ2n) is 4.63. The van der Waals surface area contributed by atoms with Gasteiger partial charge >= 0.3 is 6.61 Å². The second kappa shape index (κ2) is 5.37. The molecule has 100 valence electrons. The molecule has 19 heavy (non-hydrogen) atoms. The molecule has 0 spiro atoms. The van der Waals surface area contributed by atoms with Crippen molar-refractivity contribution in [1.82, 2.24) is 0 Å². The van der Waals surface area contributed by atoms with E-state index in [9.17, 15) is 8.78 Å². The molecular weight excluding hydrogens is 266 g/mol. The van der Waals surface area contributed by atoms with E-state index in [2.05, 4.69) is 10.8 Å². The van der Waals surface area contributed by atoms with Crippen LogP contribution < -0.4 is 4.74 Å². The SMILES string of the molecule is FC(F)Oc1cc([S+]2CCCC2)c2ccccc2c1. The lowest BCUT2D eigenvalue weighted by Gasteiger charge is -2.09. The topological polar surface area (TPSA) is 9.23 Å². The molecule has 0 atom stereocenters. The van der Waals surface area contributed by atoms with Crippen molar-refractivity contribution in [3.63, 3.8) is 0 Å². The average Bonchev–Trinajstić information content (AvgIpc) is 2.90. The van der Waals surface area contributed by atoms with Crippen LogP contribution in [0.4, 0.5) is 8.78 Å². The number of hydrogen-bond donors (Lipinski definition) is 0. The summed E-state index contributed by atoms with van der Waals surface area (Å²) in [6.07, 6.45) is 2.47. The summed E-state index contributed by atoms with van der Waals surface area (Å²) in [4.78, 5) is 1.19. The number of ether oxygens (including phenoxy) is 1. The molecule has 1 nitrogen and oxygen atoms in total. The van der Waals surface area contributed by atoms with Crippen molar-refractivity contribution < 1.29 is 13.5 Å².